The second-order valence-electron chi connectivity index (χ2n) is 6.53. The first-order chi connectivity index (χ1) is 11.3. The van der Waals surface area contributed by atoms with Gasteiger partial charge >= 0.3 is 5.97 Å². The van der Waals surface area contributed by atoms with E-state index in [0.717, 1.165) is 31.5 Å². The number of hydrogen-bond acceptors (Lipinski definition) is 5. The molecule has 2 aliphatic carbocycles. The van der Waals surface area contributed by atoms with Gasteiger partial charge in [0.1, 0.15) is 17.5 Å². The van der Waals surface area contributed by atoms with Gasteiger partial charge in [-0.05, 0) is 45.4 Å². The molecule has 2 aliphatic rings. The number of carbonyl (C=O) groups excluding carboxylic acids is 1. The molecule has 5 heteroatoms. The number of esters is 1. The van der Waals surface area contributed by atoms with Crippen LogP contribution in [0.25, 0.3) is 0 Å². The molecule has 3 rings (SSSR count). The Morgan fingerprint density at radius 2 is 1.83 bits per heavy atom. The summed E-state index contributed by atoms with van der Waals surface area (Å²) < 4.78 is 11.2. The maximum Gasteiger partial charge on any atom is 0.345 e. The first-order valence-corrected chi connectivity index (χ1v) is 8.98. The molecule has 1 aromatic heterocycles. The summed E-state index contributed by atoms with van der Waals surface area (Å²) in [7, 11) is 0. The predicted molar refractivity (Wildman–Crippen MR) is 86.7 cm³/mol. The van der Waals surface area contributed by atoms with Gasteiger partial charge in [0.05, 0.1) is 6.61 Å². The molecule has 0 saturated heterocycles. The van der Waals surface area contributed by atoms with Crippen LogP contribution in [-0.4, -0.2) is 28.6 Å². The molecule has 5 nitrogen and oxygen atoms in total. The highest BCUT2D eigenvalue weighted by Gasteiger charge is 2.25. The minimum absolute atomic E-state index is 0.156. The van der Waals surface area contributed by atoms with Gasteiger partial charge in [0.2, 0.25) is 5.88 Å². The van der Waals surface area contributed by atoms with Crippen LogP contribution < -0.4 is 4.74 Å². The van der Waals surface area contributed by atoms with Crippen LogP contribution in [0.5, 0.6) is 5.88 Å². The minimum atomic E-state index is -0.392. The van der Waals surface area contributed by atoms with Gasteiger partial charge in [-0.2, -0.15) is 4.98 Å². The number of nitrogens with zero attached hydrogens (tertiary/aromatic N) is 2. The predicted octanol–water partition coefficient (Wildman–Crippen LogP) is 4.02. The van der Waals surface area contributed by atoms with E-state index in [4.69, 9.17) is 9.47 Å². The number of hydrogen-bond donors (Lipinski definition) is 0. The lowest BCUT2D eigenvalue weighted by atomic mass is 9.98. The lowest BCUT2D eigenvalue weighted by Crippen LogP contribution is -2.22. The Bertz CT molecular complexity index is 535. The number of ether oxygens (including phenoxy) is 2. The highest BCUT2D eigenvalue weighted by atomic mass is 16.5. The zero-order valence-corrected chi connectivity index (χ0v) is 13.9. The van der Waals surface area contributed by atoms with Crippen molar-refractivity contribution in [2.24, 2.45) is 0 Å². The third-order valence-corrected chi connectivity index (χ3v) is 4.82. The van der Waals surface area contributed by atoms with Crippen LogP contribution in [0.4, 0.5) is 0 Å². The highest BCUT2D eigenvalue weighted by Crippen LogP contribution is 2.34. The van der Waals surface area contributed by atoms with Crippen molar-refractivity contribution in [3.8, 4) is 5.88 Å². The van der Waals surface area contributed by atoms with Crippen LogP contribution in [0.2, 0.25) is 0 Å². The van der Waals surface area contributed by atoms with Crippen molar-refractivity contribution < 1.29 is 14.3 Å². The Hall–Kier alpha value is -1.65. The fourth-order valence-corrected chi connectivity index (χ4v) is 3.54. The van der Waals surface area contributed by atoms with Crippen molar-refractivity contribution in [3.05, 3.63) is 17.6 Å². The largest absolute Gasteiger partial charge is 0.474 e. The summed E-state index contributed by atoms with van der Waals surface area (Å²) in [4.78, 5) is 21.2. The normalized spacial score (nSPS) is 19.7. The average molecular weight is 318 g/mol. The lowest BCUT2D eigenvalue weighted by molar-refractivity contribution is 0.0513. The zero-order chi connectivity index (χ0) is 16.1. The molecule has 0 bridgehead atoms. The molecule has 0 radical (unpaired) electrons. The van der Waals surface area contributed by atoms with E-state index >= 15 is 0 Å². The highest BCUT2D eigenvalue weighted by molar-refractivity contribution is 5.91. The molecule has 0 atom stereocenters. The Kier molecular flexibility index (Phi) is 5.47. The van der Waals surface area contributed by atoms with E-state index in [9.17, 15) is 4.79 Å². The van der Waals surface area contributed by atoms with Crippen LogP contribution >= 0.6 is 0 Å². The summed E-state index contributed by atoms with van der Waals surface area (Å²) in [5.74, 6) is 1.25. The third-order valence-electron chi connectivity index (χ3n) is 4.82. The smallest absolute Gasteiger partial charge is 0.345 e. The maximum absolute atomic E-state index is 12.2. The number of aromatic nitrogens is 2. The first-order valence-electron chi connectivity index (χ1n) is 8.98. The lowest BCUT2D eigenvalue weighted by Gasteiger charge is -2.23. The van der Waals surface area contributed by atoms with E-state index in [1.807, 2.05) is 0 Å². The van der Waals surface area contributed by atoms with Crippen molar-refractivity contribution >= 4 is 5.97 Å². The molecular weight excluding hydrogens is 292 g/mol. The standard InChI is InChI=1S/C18H26N2O3/c1-2-22-18(21)15-12-19-16(13-8-6-7-9-13)20-17(15)23-14-10-4-3-5-11-14/h12-14H,2-11H2,1H3. The van der Waals surface area contributed by atoms with E-state index < -0.39 is 5.97 Å². The number of rotatable bonds is 5. The second-order valence-corrected chi connectivity index (χ2v) is 6.53. The molecule has 0 aliphatic heterocycles. The van der Waals surface area contributed by atoms with E-state index in [2.05, 4.69) is 9.97 Å². The van der Waals surface area contributed by atoms with E-state index in [1.54, 1.807) is 13.1 Å². The zero-order valence-electron chi connectivity index (χ0n) is 13.9. The molecule has 126 valence electrons. The van der Waals surface area contributed by atoms with Gasteiger partial charge < -0.3 is 9.47 Å². The van der Waals surface area contributed by atoms with Gasteiger partial charge in [0.25, 0.3) is 0 Å². The minimum Gasteiger partial charge on any atom is -0.474 e. The van der Waals surface area contributed by atoms with E-state index in [-0.39, 0.29) is 6.10 Å². The molecule has 23 heavy (non-hydrogen) atoms. The maximum atomic E-state index is 12.2. The monoisotopic (exact) mass is 318 g/mol. The van der Waals surface area contributed by atoms with Gasteiger partial charge in [-0.3, -0.25) is 0 Å². The van der Waals surface area contributed by atoms with Crippen LogP contribution in [0.1, 0.15) is 86.8 Å². The molecule has 0 aromatic carbocycles. The Morgan fingerprint density at radius 3 is 2.52 bits per heavy atom. The molecule has 0 N–H and O–H groups in total. The molecular formula is C18H26N2O3. The van der Waals surface area contributed by atoms with Gasteiger partial charge in [-0.1, -0.05) is 19.3 Å². The summed E-state index contributed by atoms with van der Waals surface area (Å²) >= 11 is 0. The SMILES string of the molecule is CCOC(=O)c1cnc(C2CCCC2)nc1OC1CCCCC1. The van der Waals surface area contributed by atoms with Crippen molar-refractivity contribution in [2.45, 2.75) is 76.7 Å². The summed E-state index contributed by atoms with van der Waals surface area (Å²) in [5.41, 5.74) is 0.360. The van der Waals surface area contributed by atoms with Crippen LogP contribution in [0, 0.1) is 0 Å². The summed E-state index contributed by atoms with van der Waals surface area (Å²) in [6.45, 7) is 2.14. The Morgan fingerprint density at radius 1 is 1.13 bits per heavy atom. The molecule has 1 heterocycles. The number of carbonyl (C=O) groups is 1. The van der Waals surface area contributed by atoms with Crippen molar-refractivity contribution in [1.82, 2.24) is 9.97 Å². The van der Waals surface area contributed by atoms with Crippen LogP contribution in [0.15, 0.2) is 6.20 Å². The molecule has 1 aromatic rings. The summed E-state index contributed by atoms with van der Waals surface area (Å²) in [6.07, 6.45) is 12.2. The van der Waals surface area contributed by atoms with Crippen molar-refractivity contribution in [1.29, 1.82) is 0 Å². The fourth-order valence-electron chi connectivity index (χ4n) is 3.54. The quantitative estimate of drug-likeness (QED) is 0.767. The Labute approximate surface area is 137 Å². The van der Waals surface area contributed by atoms with Gasteiger partial charge in [-0.15, -0.1) is 0 Å². The third kappa shape index (κ3) is 4.01. The topological polar surface area (TPSA) is 61.3 Å². The van der Waals surface area contributed by atoms with Crippen LogP contribution in [-0.2, 0) is 4.74 Å². The fraction of sp³-hybridized carbons (Fsp3) is 0.722. The molecule has 0 spiro atoms. The van der Waals surface area contributed by atoms with Crippen molar-refractivity contribution in [3.63, 3.8) is 0 Å². The average Bonchev–Trinajstić information content (AvgIpc) is 3.10. The van der Waals surface area contributed by atoms with Gasteiger partial charge in [0, 0.05) is 12.1 Å². The molecule has 2 saturated carbocycles. The van der Waals surface area contributed by atoms with Gasteiger partial charge in [-0.25, -0.2) is 9.78 Å². The Balaban J connectivity index is 1.83. The molecule has 0 unspecified atom stereocenters. The van der Waals surface area contributed by atoms with Gasteiger partial charge in [0.15, 0.2) is 0 Å². The molecule has 0 amide bonds. The van der Waals surface area contributed by atoms with E-state index in [0.29, 0.717) is 24.0 Å². The first kappa shape index (κ1) is 16.2. The molecule has 2 fully saturated rings. The summed E-state index contributed by atoms with van der Waals surface area (Å²) in [5, 5.41) is 0. The van der Waals surface area contributed by atoms with Crippen molar-refractivity contribution in [2.75, 3.05) is 6.61 Å². The van der Waals surface area contributed by atoms with Crippen LogP contribution in [0.3, 0.4) is 0 Å². The summed E-state index contributed by atoms with van der Waals surface area (Å²) in [6, 6.07) is 0. The van der Waals surface area contributed by atoms with E-state index in [1.165, 1.54) is 32.1 Å². The second kappa shape index (κ2) is 7.75.